The smallest absolute Gasteiger partial charge is 0.407 e. The second-order valence-electron chi connectivity index (χ2n) is 7.85. The predicted octanol–water partition coefficient (Wildman–Crippen LogP) is 5.37. The Morgan fingerprint density at radius 2 is 1.97 bits per heavy atom. The maximum absolute atomic E-state index is 13.9. The summed E-state index contributed by atoms with van der Waals surface area (Å²) in [6.07, 6.45) is -1.55. The Hall–Kier alpha value is -2.91. The van der Waals surface area contributed by atoms with Gasteiger partial charge in [0.2, 0.25) is 5.95 Å². The van der Waals surface area contributed by atoms with Gasteiger partial charge in [0.05, 0.1) is 12.1 Å². The van der Waals surface area contributed by atoms with Gasteiger partial charge in [0.1, 0.15) is 11.9 Å². The highest BCUT2D eigenvalue weighted by atomic mass is 19.4. The molecule has 6 nitrogen and oxygen atoms in total. The van der Waals surface area contributed by atoms with Crippen LogP contribution < -0.4 is 10.6 Å². The van der Waals surface area contributed by atoms with Gasteiger partial charge in [-0.25, -0.2) is 19.2 Å². The van der Waals surface area contributed by atoms with E-state index in [4.69, 9.17) is 4.74 Å². The molecule has 1 heterocycles. The minimum absolute atomic E-state index is 0.0653. The molecule has 1 aromatic carbocycles. The van der Waals surface area contributed by atoms with Gasteiger partial charge in [0.25, 0.3) is 0 Å². The van der Waals surface area contributed by atoms with Crippen LogP contribution >= 0.6 is 0 Å². The molecule has 0 saturated heterocycles. The molecule has 168 valence electrons. The highest BCUT2D eigenvalue weighted by Crippen LogP contribution is 2.35. The zero-order valence-electron chi connectivity index (χ0n) is 17.2. The maximum atomic E-state index is 13.9. The summed E-state index contributed by atoms with van der Waals surface area (Å²) in [5.74, 6) is -0.0721. The number of benzene rings is 1. The van der Waals surface area contributed by atoms with Gasteiger partial charge in [-0.3, -0.25) is 0 Å². The van der Waals surface area contributed by atoms with Gasteiger partial charge < -0.3 is 15.4 Å². The van der Waals surface area contributed by atoms with Crippen molar-refractivity contribution in [2.75, 3.05) is 5.32 Å². The van der Waals surface area contributed by atoms with E-state index in [9.17, 15) is 22.4 Å². The second-order valence-corrected chi connectivity index (χ2v) is 7.85. The number of anilines is 2. The number of halogens is 4. The van der Waals surface area contributed by atoms with Crippen molar-refractivity contribution in [3.05, 3.63) is 47.5 Å². The Morgan fingerprint density at radius 3 is 2.61 bits per heavy atom. The van der Waals surface area contributed by atoms with Crippen molar-refractivity contribution in [3.63, 3.8) is 0 Å². The van der Waals surface area contributed by atoms with Crippen molar-refractivity contribution in [1.82, 2.24) is 15.3 Å². The van der Waals surface area contributed by atoms with E-state index in [0.29, 0.717) is 12.8 Å². The Morgan fingerprint density at radius 1 is 1.26 bits per heavy atom. The van der Waals surface area contributed by atoms with E-state index >= 15 is 0 Å². The van der Waals surface area contributed by atoms with Crippen LogP contribution in [0.3, 0.4) is 0 Å². The van der Waals surface area contributed by atoms with Crippen molar-refractivity contribution in [3.8, 4) is 0 Å². The molecular formula is C21H24F4N4O2. The molecule has 1 aliphatic rings. The highest BCUT2D eigenvalue weighted by Gasteiger charge is 2.32. The third-order valence-corrected chi connectivity index (χ3v) is 5.07. The Labute approximate surface area is 177 Å². The number of hydrogen-bond donors (Lipinski definition) is 2. The summed E-state index contributed by atoms with van der Waals surface area (Å²) < 4.78 is 56.3. The van der Waals surface area contributed by atoms with Crippen LogP contribution in [0, 0.1) is 12.7 Å². The maximum Gasteiger partial charge on any atom is 0.407 e. The van der Waals surface area contributed by atoms with Gasteiger partial charge in [0, 0.05) is 18.4 Å². The van der Waals surface area contributed by atoms with Gasteiger partial charge >= 0.3 is 12.3 Å². The molecule has 3 rings (SSSR count). The second kappa shape index (κ2) is 9.49. The van der Waals surface area contributed by atoms with Gasteiger partial charge in [-0.05, 0) is 62.3 Å². The first kappa shape index (κ1) is 22.8. The lowest BCUT2D eigenvalue weighted by Gasteiger charge is -2.18. The minimum Gasteiger partial charge on any atom is -0.446 e. The number of aryl methyl sites for hydroxylation is 1. The van der Waals surface area contributed by atoms with Crippen LogP contribution in [0.15, 0.2) is 30.6 Å². The van der Waals surface area contributed by atoms with Gasteiger partial charge in [0.15, 0.2) is 0 Å². The lowest BCUT2D eigenvalue weighted by Crippen LogP contribution is -2.37. The van der Waals surface area contributed by atoms with E-state index in [-0.39, 0.29) is 23.7 Å². The Bertz CT molecular complexity index is 905. The molecule has 0 radical (unpaired) electrons. The average Bonchev–Trinajstić information content (AvgIpc) is 3.11. The molecule has 31 heavy (non-hydrogen) atoms. The number of alkyl carbamates (subject to hydrolysis) is 1. The number of rotatable bonds is 6. The van der Waals surface area contributed by atoms with Crippen LogP contribution in [0.4, 0.5) is 34.0 Å². The predicted molar refractivity (Wildman–Crippen MR) is 107 cm³/mol. The fraction of sp³-hybridized carbons (Fsp3) is 0.476. The number of alkyl halides is 3. The molecule has 0 spiro atoms. The van der Waals surface area contributed by atoms with Gasteiger partial charge in [-0.15, -0.1) is 0 Å². The molecule has 2 aromatic rings. The topological polar surface area (TPSA) is 76.1 Å². The van der Waals surface area contributed by atoms with Crippen LogP contribution in [0.1, 0.15) is 49.7 Å². The summed E-state index contributed by atoms with van der Waals surface area (Å²) >= 11 is 0. The lowest BCUT2D eigenvalue weighted by molar-refractivity contribution is -0.138. The van der Waals surface area contributed by atoms with Crippen LogP contribution in [0.5, 0.6) is 0 Å². The first-order chi connectivity index (χ1) is 14.6. The summed E-state index contributed by atoms with van der Waals surface area (Å²) in [6, 6.07) is 3.74. The molecule has 10 heteroatoms. The number of amides is 1. The molecule has 0 unspecified atom stereocenters. The Balaban J connectivity index is 1.50. The van der Waals surface area contributed by atoms with Crippen molar-refractivity contribution < 1.29 is 27.1 Å². The number of carbonyl (C=O) groups excluding carboxylic acids is 1. The van der Waals surface area contributed by atoms with Crippen molar-refractivity contribution in [1.29, 1.82) is 0 Å². The first-order valence-corrected chi connectivity index (χ1v) is 9.98. The largest absolute Gasteiger partial charge is 0.446 e. The fourth-order valence-corrected chi connectivity index (χ4v) is 3.59. The number of nitrogens with zero attached hydrogens (tertiary/aromatic N) is 2. The molecule has 1 fully saturated rings. The van der Waals surface area contributed by atoms with Crippen LogP contribution in [-0.4, -0.2) is 34.4 Å². The third kappa shape index (κ3) is 6.80. The molecule has 3 atom stereocenters. The van der Waals surface area contributed by atoms with E-state index in [1.807, 2.05) is 0 Å². The molecule has 2 N–H and O–H groups in total. The van der Waals surface area contributed by atoms with Crippen molar-refractivity contribution in [2.24, 2.45) is 0 Å². The number of carbonyl (C=O) groups is 1. The summed E-state index contributed by atoms with van der Waals surface area (Å²) in [4.78, 5) is 20.3. The zero-order chi connectivity index (χ0) is 22.6. The molecule has 1 amide bonds. The minimum atomic E-state index is -4.35. The fourth-order valence-electron chi connectivity index (χ4n) is 3.59. The Kier molecular flexibility index (Phi) is 6.97. The SMILES string of the molecule is Cc1ccc(Nc2ncc([C@@H]3CC[C@H](OC(=O)N[C@@H](C)CC(F)(F)F)C3)cn2)c(F)c1. The van der Waals surface area contributed by atoms with Crippen LogP contribution in [0.25, 0.3) is 0 Å². The summed E-state index contributed by atoms with van der Waals surface area (Å²) in [7, 11) is 0. The van der Waals surface area contributed by atoms with Crippen molar-refractivity contribution >= 4 is 17.7 Å². The molecule has 1 aromatic heterocycles. The summed E-state index contributed by atoms with van der Waals surface area (Å²) in [6.45, 7) is 3.07. The van der Waals surface area contributed by atoms with Crippen LogP contribution in [-0.2, 0) is 4.74 Å². The van der Waals surface area contributed by atoms with Crippen molar-refractivity contribution in [2.45, 2.75) is 63.8 Å². The monoisotopic (exact) mass is 440 g/mol. The van der Waals surface area contributed by atoms with E-state index in [2.05, 4.69) is 20.6 Å². The molecule has 1 aliphatic carbocycles. The molecule has 1 saturated carbocycles. The summed E-state index contributed by atoms with van der Waals surface area (Å²) in [5, 5.41) is 5.04. The normalized spacial score (nSPS) is 19.7. The highest BCUT2D eigenvalue weighted by molar-refractivity contribution is 5.67. The van der Waals surface area contributed by atoms with E-state index < -0.39 is 30.5 Å². The number of nitrogens with one attached hydrogen (secondary N) is 2. The van der Waals surface area contributed by atoms with E-state index in [1.165, 1.54) is 13.0 Å². The molecular weight excluding hydrogens is 416 g/mol. The van der Waals surface area contributed by atoms with Gasteiger partial charge in [-0.1, -0.05) is 6.07 Å². The first-order valence-electron chi connectivity index (χ1n) is 9.98. The standard InChI is InChI=1S/C21H24F4N4O2/c1-12-3-6-18(17(22)7-12)29-19-26-10-15(11-27-19)14-4-5-16(8-14)31-20(30)28-13(2)9-21(23,24)25/h3,6-7,10-11,13-14,16H,4-5,8-9H2,1-2H3,(H,28,30)(H,26,27,29)/t13-,14+,16-/m0/s1. The lowest BCUT2D eigenvalue weighted by atomic mass is 10.0. The zero-order valence-corrected chi connectivity index (χ0v) is 17.2. The number of aromatic nitrogens is 2. The number of hydrogen-bond acceptors (Lipinski definition) is 5. The molecule has 0 bridgehead atoms. The molecule has 0 aliphatic heterocycles. The third-order valence-electron chi connectivity index (χ3n) is 5.07. The van der Waals surface area contributed by atoms with E-state index in [0.717, 1.165) is 17.5 Å². The summed E-state index contributed by atoms with van der Waals surface area (Å²) in [5.41, 5.74) is 1.94. The average molecular weight is 440 g/mol. The quantitative estimate of drug-likeness (QED) is 0.591. The van der Waals surface area contributed by atoms with E-state index in [1.54, 1.807) is 31.5 Å². The van der Waals surface area contributed by atoms with Gasteiger partial charge in [-0.2, -0.15) is 13.2 Å². The number of ether oxygens (including phenoxy) is 1. The van der Waals surface area contributed by atoms with Crippen LogP contribution in [0.2, 0.25) is 0 Å².